The molecule has 0 saturated carbocycles. The highest BCUT2D eigenvalue weighted by Crippen LogP contribution is 2.30. The maximum absolute atomic E-state index is 13.5. The number of thioether (sulfide) groups is 1. The molecule has 0 amide bonds. The zero-order valence-corrected chi connectivity index (χ0v) is 18.9. The highest BCUT2D eigenvalue weighted by molar-refractivity contribution is 7.98. The van der Waals surface area contributed by atoms with Crippen molar-refractivity contribution >= 4 is 45.7 Å². The molecule has 0 fully saturated rings. The Labute approximate surface area is 192 Å². The van der Waals surface area contributed by atoms with Gasteiger partial charge in [-0.3, -0.25) is 14.5 Å². The number of halogens is 1. The molecule has 0 bridgehead atoms. The van der Waals surface area contributed by atoms with Gasteiger partial charge in [-0.15, -0.1) is 11.8 Å². The lowest BCUT2D eigenvalue weighted by molar-refractivity contribution is 0.685. The molecule has 4 heterocycles. The summed E-state index contributed by atoms with van der Waals surface area (Å²) < 4.78 is 3.14. The molecular weight excluding hydrogens is 448 g/mol. The highest BCUT2D eigenvalue weighted by Gasteiger charge is 2.21. The van der Waals surface area contributed by atoms with Gasteiger partial charge in [-0.05, 0) is 31.4 Å². The second kappa shape index (κ2) is 8.29. The van der Waals surface area contributed by atoms with Crippen molar-refractivity contribution in [2.45, 2.75) is 18.5 Å². The molecule has 4 aromatic heterocycles. The Bertz CT molecular complexity index is 1480. The molecule has 0 radical (unpaired) electrons. The second-order valence-corrected chi connectivity index (χ2v) is 8.22. The van der Waals surface area contributed by atoms with Crippen LogP contribution < -0.4 is 10.5 Å². The fourth-order valence-electron chi connectivity index (χ4n) is 3.73. The van der Waals surface area contributed by atoms with Crippen molar-refractivity contribution in [3.63, 3.8) is 0 Å². The zero-order chi connectivity index (χ0) is 22.2. The molecule has 11 heteroatoms. The number of rotatable bonds is 6. The highest BCUT2D eigenvalue weighted by atomic mass is 35.5. The minimum atomic E-state index is -0.229. The van der Waals surface area contributed by atoms with E-state index >= 15 is 0 Å². The van der Waals surface area contributed by atoms with E-state index in [4.69, 9.17) is 16.7 Å². The average molecular weight is 467 g/mol. The van der Waals surface area contributed by atoms with E-state index < -0.39 is 0 Å². The molecule has 0 saturated heterocycles. The molecule has 0 spiro atoms. The Hall–Kier alpha value is -3.37. The molecule has 5 rings (SSSR count). The second-order valence-electron chi connectivity index (χ2n) is 7.02. The van der Waals surface area contributed by atoms with Crippen molar-refractivity contribution < 1.29 is 0 Å². The van der Waals surface area contributed by atoms with E-state index in [9.17, 15) is 4.79 Å². The molecule has 5 aromatic rings. The third-order valence-corrected chi connectivity index (χ3v) is 6.22. The van der Waals surface area contributed by atoms with Gasteiger partial charge in [0.05, 0.1) is 22.6 Å². The summed E-state index contributed by atoms with van der Waals surface area (Å²) in [7, 11) is 0. The smallest absolute Gasteiger partial charge is 0.284 e. The molecule has 1 N–H and O–H groups in total. The Balaban J connectivity index is 1.70. The van der Waals surface area contributed by atoms with Crippen LogP contribution in [0, 0.1) is 0 Å². The van der Waals surface area contributed by atoms with Crippen molar-refractivity contribution in [3.05, 3.63) is 70.1 Å². The monoisotopic (exact) mass is 466 g/mol. The largest absolute Gasteiger partial charge is 0.349 e. The average Bonchev–Trinajstić information content (AvgIpc) is 3.41. The summed E-state index contributed by atoms with van der Waals surface area (Å²) in [5.41, 5.74) is 1.50. The number of aromatic amines is 1. The molecule has 9 nitrogen and oxygen atoms in total. The van der Waals surface area contributed by atoms with E-state index in [2.05, 4.69) is 25.1 Å². The number of para-hydroxylation sites is 1. The number of anilines is 1. The number of fused-ring (bicyclic) bond motifs is 2. The van der Waals surface area contributed by atoms with Gasteiger partial charge in [0.15, 0.2) is 11.5 Å². The van der Waals surface area contributed by atoms with Crippen molar-refractivity contribution in [2.24, 2.45) is 0 Å². The summed E-state index contributed by atoms with van der Waals surface area (Å²) in [6.07, 6.45) is 5.16. The zero-order valence-electron chi connectivity index (χ0n) is 17.4. The fraction of sp³-hybridized carbons (Fsp3) is 0.190. The summed E-state index contributed by atoms with van der Waals surface area (Å²) in [4.78, 5) is 24.4. The number of hydrogen-bond donors (Lipinski definition) is 1. The van der Waals surface area contributed by atoms with E-state index in [0.717, 1.165) is 21.9 Å². The summed E-state index contributed by atoms with van der Waals surface area (Å²) >= 11 is 7.81. The van der Waals surface area contributed by atoms with E-state index in [1.807, 2.05) is 43.5 Å². The van der Waals surface area contributed by atoms with Crippen LogP contribution in [0.4, 0.5) is 5.82 Å². The first-order valence-electron chi connectivity index (χ1n) is 9.94. The SMILES string of the molecule is CCN(Cc1nn2ccc(Cl)c2c(=O)n1-c1ccccc1)c1ncnc2[nH]nc(SC)c12. The van der Waals surface area contributed by atoms with Crippen LogP contribution in [0.5, 0.6) is 0 Å². The summed E-state index contributed by atoms with van der Waals surface area (Å²) in [6.45, 7) is 3.01. The lowest BCUT2D eigenvalue weighted by Gasteiger charge is -2.24. The molecule has 162 valence electrons. The molecule has 0 atom stereocenters. The summed E-state index contributed by atoms with van der Waals surface area (Å²) in [5, 5.41) is 14.1. The molecule has 0 unspecified atom stereocenters. The van der Waals surface area contributed by atoms with Gasteiger partial charge >= 0.3 is 0 Å². The van der Waals surface area contributed by atoms with Crippen LogP contribution in [0.15, 0.2) is 58.7 Å². The van der Waals surface area contributed by atoms with Crippen molar-refractivity contribution in [1.29, 1.82) is 0 Å². The van der Waals surface area contributed by atoms with Crippen LogP contribution in [-0.2, 0) is 6.54 Å². The lowest BCUT2D eigenvalue weighted by Crippen LogP contribution is -2.32. The van der Waals surface area contributed by atoms with E-state index in [1.54, 1.807) is 16.8 Å². The topological polar surface area (TPSA) is 97.0 Å². The Kier molecular flexibility index (Phi) is 5.32. The molecular formula is C21H19ClN8OS. The van der Waals surface area contributed by atoms with E-state index in [0.29, 0.717) is 35.1 Å². The van der Waals surface area contributed by atoms with Gasteiger partial charge in [0.2, 0.25) is 0 Å². The third kappa shape index (κ3) is 3.32. The molecule has 0 aliphatic rings. The van der Waals surface area contributed by atoms with Crippen LogP contribution in [-0.4, -0.2) is 47.1 Å². The number of hydrogen-bond acceptors (Lipinski definition) is 7. The van der Waals surface area contributed by atoms with Crippen LogP contribution in [0.1, 0.15) is 12.7 Å². The first-order chi connectivity index (χ1) is 15.6. The summed E-state index contributed by atoms with van der Waals surface area (Å²) in [6, 6.07) is 11.1. The van der Waals surface area contributed by atoms with Gasteiger partial charge in [-0.25, -0.2) is 14.5 Å². The Morgan fingerprint density at radius 3 is 2.75 bits per heavy atom. The number of aromatic nitrogens is 7. The van der Waals surface area contributed by atoms with Gasteiger partial charge < -0.3 is 4.90 Å². The quantitative estimate of drug-likeness (QED) is 0.382. The number of benzene rings is 1. The van der Waals surface area contributed by atoms with Gasteiger partial charge in [-0.2, -0.15) is 10.2 Å². The van der Waals surface area contributed by atoms with Gasteiger partial charge in [0.25, 0.3) is 5.56 Å². The van der Waals surface area contributed by atoms with Crippen molar-refractivity contribution in [3.8, 4) is 5.69 Å². The third-order valence-electron chi connectivity index (χ3n) is 5.23. The first-order valence-corrected chi connectivity index (χ1v) is 11.5. The maximum atomic E-state index is 13.5. The van der Waals surface area contributed by atoms with E-state index in [1.165, 1.54) is 22.6 Å². The van der Waals surface area contributed by atoms with Gasteiger partial charge in [0, 0.05) is 12.7 Å². The van der Waals surface area contributed by atoms with Gasteiger partial charge in [0.1, 0.15) is 22.7 Å². The number of nitrogens with one attached hydrogen (secondary N) is 1. The first kappa shape index (κ1) is 20.5. The van der Waals surface area contributed by atoms with Crippen LogP contribution in [0.25, 0.3) is 22.2 Å². The van der Waals surface area contributed by atoms with Crippen LogP contribution in [0.2, 0.25) is 5.02 Å². The Morgan fingerprint density at radius 1 is 1.19 bits per heavy atom. The molecule has 32 heavy (non-hydrogen) atoms. The summed E-state index contributed by atoms with van der Waals surface area (Å²) in [5.74, 6) is 1.29. The normalized spacial score (nSPS) is 11.5. The minimum absolute atomic E-state index is 0.229. The predicted octanol–water partition coefficient (Wildman–Crippen LogP) is 3.55. The fourth-order valence-corrected chi connectivity index (χ4v) is 4.49. The van der Waals surface area contributed by atoms with Crippen molar-refractivity contribution in [1.82, 2.24) is 34.3 Å². The van der Waals surface area contributed by atoms with Gasteiger partial charge in [-0.1, -0.05) is 29.8 Å². The lowest BCUT2D eigenvalue weighted by atomic mass is 10.3. The number of H-pyrrole nitrogens is 1. The van der Waals surface area contributed by atoms with E-state index in [-0.39, 0.29) is 5.56 Å². The number of nitrogens with zero attached hydrogens (tertiary/aromatic N) is 7. The molecule has 1 aromatic carbocycles. The Morgan fingerprint density at radius 2 is 2.00 bits per heavy atom. The van der Waals surface area contributed by atoms with Crippen molar-refractivity contribution in [2.75, 3.05) is 17.7 Å². The molecule has 0 aliphatic heterocycles. The van der Waals surface area contributed by atoms with Crippen LogP contribution in [0.3, 0.4) is 0 Å². The standard InChI is InChI=1S/C21H19ClN8OS/c1-3-28(19-16-18(23-12-24-19)25-26-20(16)32-2)11-15-27-29-10-9-14(22)17(29)21(31)30(15)13-7-5-4-6-8-13/h4-10,12H,3,11H2,1-2H3,(H,23,24,25,26). The predicted molar refractivity (Wildman–Crippen MR) is 126 cm³/mol. The maximum Gasteiger partial charge on any atom is 0.284 e. The minimum Gasteiger partial charge on any atom is -0.349 e. The molecule has 0 aliphatic carbocycles. The van der Waals surface area contributed by atoms with Crippen LogP contribution >= 0.6 is 23.4 Å².